The lowest BCUT2D eigenvalue weighted by molar-refractivity contribution is 0.362. The molecule has 0 amide bonds. The van der Waals surface area contributed by atoms with Gasteiger partial charge in [-0.1, -0.05) is 12.1 Å². The number of hydrogen-bond acceptors (Lipinski definition) is 2. The van der Waals surface area contributed by atoms with Crippen LogP contribution in [0.1, 0.15) is 31.4 Å². The molecule has 1 unspecified atom stereocenters. The molecule has 0 bridgehead atoms. The third-order valence-corrected chi connectivity index (χ3v) is 3.15. The second-order valence-electron chi connectivity index (χ2n) is 4.48. The van der Waals surface area contributed by atoms with Gasteiger partial charge in [0.05, 0.1) is 0 Å². The van der Waals surface area contributed by atoms with Gasteiger partial charge in [0.2, 0.25) is 0 Å². The fourth-order valence-corrected chi connectivity index (χ4v) is 2.20. The van der Waals surface area contributed by atoms with E-state index in [4.69, 9.17) is 0 Å². The minimum atomic E-state index is -0.171. The van der Waals surface area contributed by atoms with Crippen LogP contribution in [-0.4, -0.2) is 19.1 Å². The van der Waals surface area contributed by atoms with Gasteiger partial charge in [-0.25, -0.2) is 4.39 Å². The van der Waals surface area contributed by atoms with Crippen LogP contribution < -0.4 is 10.6 Å². The highest BCUT2D eigenvalue weighted by Crippen LogP contribution is 2.15. The zero-order chi connectivity index (χ0) is 11.4. The highest BCUT2D eigenvalue weighted by Gasteiger charge is 2.15. The molecule has 16 heavy (non-hydrogen) atoms. The Balaban J connectivity index is 1.91. The number of piperidine rings is 1. The third kappa shape index (κ3) is 3.03. The van der Waals surface area contributed by atoms with Crippen LogP contribution >= 0.6 is 0 Å². The Bertz CT molecular complexity index is 317. The van der Waals surface area contributed by atoms with E-state index in [1.165, 1.54) is 25.0 Å². The molecule has 1 heterocycles. The molecule has 2 nitrogen and oxygen atoms in total. The van der Waals surface area contributed by atoms with Gasteiger partial charge < -0.3 is 10.6 Å². The summed E-state index contributed by atoms with van der Waals surface area (Å²) >= 11 is 0. The van der Waals surface area contributed by atoms with E-state index in [0.717, 1.165) is 18.7 Å². The topological polar surface area (TPSA) is 24.1 Å². The summed E-state index contributed by atoms with van der Waals surface area (Å²) in [6.07, 6.45) is 2.45. The van der Waals surface area contributed by atoms with E-state index < -0.39 is 0 Å². The lowest BCUT2D eigenvalue weighted by Gasteiger charge is -2.27. The van der Waals surface area contributed by atoms with Crippen LogP contribution in [0.5, 0.6) is 0 Å². The predicted molar refractivity (Wildman–Crippen MR) is 63.8 cm³/mol. The highest BCUT2D eigenvalue weighted by atomic mass is 19.1. The molecule has 0 saturated carbocycles. The number of halogens is 1. The molecule has 3 heteroatoms. The standard InChI is InChI=1S/C13H19FN2/c1-10(11-4-6-12(14)7-5-11)16-13-3-2-8-15-9-13/h4-7,10,13,15-16H,2-3,8-9H2,1H3/t10-,13?/m0/s1. The fraction of sp³-hybridized carbons (Fsp3) is 0.538. The first-order valence-electron chi connectivity index (χ1n) is 5.98. The van der Waals surface area contributed by atoms with E-state index in [1.54, 1.807) is 0 Å². The Labute approximate surface area is 96.2 Å². The molecule has 1 aromatic carbocycles. The van der Waals surface area contributed by atoms with Gasteiger partial charge in [-0.05, 0) is 44.0 Å². The van der Waals surface area contributed by atoms with Crippen LogP contribution in [0.3, 0.4) is 0 Å². The van der Waals surface area contributed by atoms with Crippen molar-refractivity contribution in [3.63, 3.8) is 0 Å². The summed E-state index contributed by atoms with van der Waals surface area (Å²) in [6, 6.07) is 7.56. The predicted octanol–water partition coefficient (Wildman–Crippen LogP) is 2.23. The van der Waals surface area contributed by atoms with E-state index in [2.05, 4.69) is 17.6 Å². The second kappa shape index (κ2) is 5.41. The summed E-state index contributed by atoms with van der Waals surface area (Å²) in [6.45, 7) is 4.29. The zero-order valence-corrected chi connectivity index (χ0v) is 9.67. The molecule has 1 aromatic rings. The molecule has 0 spiro atoms. The van der Waals surface area contributed by atoms with Crippen molar-refractivity contribution in [3.8, 4) is 0 Å². The minimum Gasteiger partial charge on any atom is -0.315 e. The van der Waals surface area contributed by atoms with Gasteiger partial charge >= 0.3 is 0 Å². The van der Waals surface area contributed by atoms with E-state index >= 15 is 0 Å². The van der Waals surface area contributed by atoms with Gasteiger partial charge in [-0.3, -0.25) is 0 Å². The quantitative estimate of drug-likeness (QED) is 0.819. The molecule has 1 aliphatic heterocycles. The summed E-state index contributed by atoms with van der Waals surface area (Å²) in [4.78, 5) is 0. The van der Waals surface area contributed by atoms with Crippen LogP contribution in [0.25, 0.3) is 0 Å². The number of benzene rings is 1. The first-order chi connectivity index (χ1) is 7.75. The Morgan fingerprint density at radius 2 is 2.12 bits per heavy atom. The third-order valence-electron chi connectivity index (χ3n) is 3.15. The van der Waals surface area contributed by atoms with Crippen molar-refractivity contribution in [1.82, 2.24) is 10.6 Å². The summed E-state index contributed by atoms with van der Waals surface area (Å²) in [5, 5.41) is 6.95. The average molecular weight is 222 g/mol. The minimum absolute atomic E-state index is 0.171. The van der Waals surface area contributed by atoms with E-state index in [1.807, 2.05) is 12.1 Å². The molecule has 2 atom stereocenters. The normalized spacial score (nSPS) is 23.0. The van der Waals surface area contributed by atoms with Crippen molar-refractivity contribution in [2.45, 2.75) is 31.8 Å². The maximum absolute atomic E-state index is 12.8. The lowest BCUT2D eigenvalue weighted by atomic mass is 10.0. The number of rotatable bonds is 3. The van der Waals surface area contributed by atoms with Crippen molar-refractivity contribution in [2.75, 3.05) is 13.1 Å². The molecular formula is C13H19FN2. The highest BCUT2D eigenvalue weighted by molar-refractivity contribution is 5.19. The lowest BCUT2D eigenvalue weighted by Crippen LogP contribution is -2.43. The van der Waals surface area contributed by atoms with E-state index in [-0.39, 0.29) is 11.9 Å². The summed E-state index contributed by atoms with van der Waals surface area (Å²) in [5.74, 6) is -0.171. The van der Waals surface area contributed by atoms with Crippen LogP contribution in [-0.2, 0) is 0 Å². The van der Waals surface area contributed by atoms with Gasteiger partial charge in [-0.2, -0.15) is 0 Å². The van der Waals surface area contributed by atoms with Gasteiger partial charge in [0.15, 0.2) is 0 Å². The van der Waals surface area contributed by atoms with Crippen LogP contribution in [0.4, 0.5) is 4.39 Å². The average Bonchev–Trinajstić information content (AvgIpc) is 2.31. The monoisotopic (exact) mass is 222 g/mol. The van der Waals surface area contributed by atoms with Gasteiger partial charge in [-0.15, -0.1) is 0 Å². The fourth-order valence-electron chi connectivity index (χ4n) is 2.20. The van der Waals surface area contributed by atoms with Crippen molar-refractivity contribution in [3.05, 3.63) is 35.6 Å². The molecule has 0 radical (unpaired) electrons. The summed E-state index contributed by atoms with van der Waals surface area (Å²) in [5.41, 5.74) is 1.15. The van der Waals surface area contributed by atoms with Crippen molar-refractivity contribution in [1.29, 1.82) is 0 Å². The largest absolute Gasteiger partial charge is 0.315 e. The molecule has 2 rings (SSSR count). The molecule has 1 saturated heterocycles. The molecule has 0 aromatic heterocycles. The summed E-state index contributed by atoms with van der Waals surface area (Å²) < 4.78 is 12.8. The molecule has 2 N–H and O–H groups in total. The Morgan fingerprint density at radius 3 is 2.75 bits per heavy atom. The molecular weight excluding hydrogens is 203 g/mol. The van der Waals surface area contributed by atoms with Crippen molar-refractivity contribution < 1.29 is 4.39 Å². The summed E-state index contributed by atoms with van der Waals surface area (Å²) in [7, 11) is 0. The maximum atomic E-state index is 12.8. The van der Waals surface area contributed by atoms with Crippen molar-refractivity contribution in [2.24, 2.45) is 0 Å². The first kappa shape index (κ1) is 11.6. The van der Waals surface area contributed by atoms with Crippen LogP contribution in [0.15, 0.2) is 24.3 Å². The molecule has 88 valence electrons. The molecule has 1 fully saturated rings. The van der Waals surface area contributed by atoms with Crippen LogP contribution in [0.2, 0.25) is 0 Å². The van der Waals surface area contributed by atoms with Crippen molar-refractivity contribution >= 4 is 0 Å². The number of hydrogen-bond donors (Lipinski definition) is 2. The first-order valence-corrected chi connectivity index (χ1v) is 5.98. The smallest absolute Gasteiger partial charge is 0.123 e. The molecule has 0 aliphatic carbocycles. The maximum Gasteiger partial charge on any atom is 0.123 e. The Morgan fingerprint density at radius 1 is 1.38 bits per heavy atom. The van der Waals surface area contributed by atoms with E-state index in [9.17, 15) is 4.39 Å². The Kier molecular flexibility index (Phi) is 3.91. The molecule has 1 aliphatic rings. The van der Waals surface area contributed by atoms with Gasteiger partial charge in [0.25, 0.3) is 0 Å². The second-order valence-corrected chi connectivity index (χ2v) is 4.48. The van der Waals surface area contributed by atoms with Crippen LogP contribution in [0, 0.1) is 5.82 Å². The number of nitrogens with one attached hydrogen (secondary N) is 2. The SMILES string of the molecule is C[C@H](NC1CCCNC1)c1ccc(F)cc1. The van der Waals surface area contributed by atoms with E-state index in [0.29, 0.717) is 6.04 Å². The zero-order valence-electron chi connectivity index (χ0n) is 9.67. The van der Waals surface area contributed by atoms with Gasteiger partial charge in [0, 0.05) is 18.6 Å². The Hall–Kier alpha value is -0.930. The van der Waals surface area contributed by atoms with Gasteiger partial charge in [0.1, 0.15) is 5.82 Å².